The Morgan fingerprint density at radius 1 is 1.13 bits per heavy atom. The normalized spacial score (nSPS) is 18.5. The van der Waals surface area contributed by atoms with Gasteiger partial charge in [0.05, 0.1) is 24.0 Å². The van der Waals surface area contributed by atoms with Crippen LogP contribution in [0.5, 0.6) is 5.75 Å². The minimum absolute atomic E-state index is 0.0885. The molecule has 7 heteroatoms. The number of carbonyl (C=O) groups excluding carboxylic acids is 1. The second-order valence-electron chi connectivity index (χ2n) is 8.48. The van der Waals surface area contributed by atoms with Gasteiger partial charge in [0.1, 0.15) is 5.75 Å². The highest BCUT2D eigenvalue weighted by molar-refractivity contribution is 7.89. The summed E-state index contributed by atoms with van der Waals surface area (Å²) >= 11 is 0. The molecular weight excluding hydrogens is 412 g/mol. The van der Waals surface area contributed by atoms with Gasteiger partial charge in [-0.05, 0) is 55.0 Å². The number of methoxy groups -OCH3 is 1. The van der Waals surface area contributed by atoms with Crippen molar-refractivity contribution < 1.29 is 17.9 Å². The first-order valence-electron chi connectivity index (χ1n) is 10.8. The molecule has 1 aliphatic heterocycles. The fourth-order valence-electron chi connectivity index (χ4n) is 3.99. The Labute approximate surface area is 185 Å². The van der Waals surface area contributed by atoms with Crippen LogP contribution in [0.4, 0.5) is 0 Å². The summed E-state index contributed by atoms with van der Waals surface area (Å²) in [5.74, 6) is 0.718. The Hall–Kier alpha value is -2.38. The molecule has 1 heterocycles. The minimum Gasteiger partial charge on any atom is -0.497 e. The summed E-state index contributed by atoms with van der Waals surface area (Å²) in [4.78, 5) is 13.4. The zero-order valence-corrected chi connectivity index (χ0v) is 19.3. The van der Waals surface area contributed by atoms with E-state index in [2.05, 4.69) is 19.2 Å². The molecule has 1 aliphatic rings. The summed E-state index contributed by atoms with van der Waals surface area (Å²) in [5.41, 5.74) is 1.02. The van der Waals surface area contributed by atoms with Gasteiger partial charge < -0.3 is 10.1 Å². The number of carbonyl (C=O) groups is 1. The smallest absolute Gasteiger partial charge is 0.243 e. The third-order valence-corrected chi connectivity index (χ3v) is 7.56. The van der Waals surface area contributed by atoms with Crippen LogP contribution >= 0.6 is 0 Å². The summed E-state index contributed by atoms with van der Waals surface area (Å²) in [5, 5.41) is 3.18. The minimum atomic E-state index is -3.60. The average Bonchev–Trinajstić information content (AvgIpc) is 2.79. The van der Waals surface area contributed by atoms with Crippen molar-refractivity contribution in [3.8, 4) is 5.75 Å². The molecule has 0 unspecified atom stereocenters. The highest BCUT2D eigenvalue weighted by Gasteiger charge is 2.34. The molecule has 2 aromatic carbocycles. The molecule has 31 heavy (non-hydrogen) atoms. The number of rotatable bonds is 8. The van der Waals surface area contributed by atoms with Gasteiger partial charge in [0, 0.05) is 13.1 Å². The van der Waals surface area contributed by atoms with Crippen molar-refractivity contribution in [3.05, 3.63) is 60.2 Å². The van der Waals surface area contributed by atoms with Crippen LogP contribution in [0.15, 0.2) is 59.5 Å². The van der Waals surface area contributed by atoms with Gasteiger partial charge in [0.15, 0.2) is 0 Å². The van der Waals surface area contributed by atoms with Crippen LogP contribution in [0.2, 0.25) is 0 Å². The number of benzene rings is 2. The van der Waals surface area contributed by atoms with Crippen molar-refractivity contribution in [1.29, 1.82) is 0 Å². The number of nitrogens with one attached hydrogen (secondary N) is 1. The Morgan fingerprint density at radius 3 is 2.42 bits per heavy atom. The quantitative estimate of drug-likeness (QED) is 0.668. The maximum atomic E-state index is 13.1. The molecule has 6 nitrogen and oxygen atoms in total. The van der Waals surface area contributed by atoms with Gasteiger partial charge in [-0.1, -0.05) is 44.2 Å². The van der Waals surface area contributed by atoms with Crippen LogP contribution in [0.25, 0.3) is 0 Å². The molecule has 2 atom stereocenters. The molecule has 168 valence electrons. The summed E-state index contributed by atoms with van der Waals surface area (Å²) in [6.07, 6.45) is 2.15. The van der Waals surface area contributed by atoms with Gasteiger partial charge in [0.2, 0.25) is 15.9 Å². The van der Waals surface area contributed by atoms with Crippen LogP contribution in [0.1, 0.15) is 44.7 Å². The maximum Gasteiger partial charge on any atom is 0.243 e. The summed E-state index contributed by atoms with van der Waals surface area (Å²) in [6, 6.07) is 16.0. The van der Waals surface area contributed by atoms with E-state index in [1.807, 2.05) is 24.3 Å². The number of sulfonamides is 1. The first kappa shape index (κ1) is 23.3. The van der Waals surface area contributed by atoms with Crippen LogP contribution in [-0.4, -0.2) is 38.8 Å². The third-order valence-electron chi connectivity index (χ3n) is 5.68. The lowest BCUT2D eigenvalue weighted by molar-refractivity contribution is -0.127. The molecule has 2 aromatic rings. The topological polar surface area (TPSA) is 75.7 Å². The highest BCUT2D eigenvalue weighted by Crippen LogP contribution is 2.27. The third kappa shape index (κ3) is 5.86. The van der Waals surface area contributed by atoms with E-state index < -0.39 is 10.0 Å². The lowest BCUT2D eigenvalue weighted by atomic mass is 9.94. The van der Waals surface area contributed by atoms with Gasteiger partial charge in [-0.3, -0.25) is 4.79 Å². The summed E-state index contributed by atoms with van der Waals surface area (Å²) in [7, 11) is -1.97. The molecule has 0 radical (unpaired) electrons. The first-order chi connectivity index (χ1) is 14.8. The number of hydrogen-bond acceptors (Lipinski definition) is 4. The Morgan fingerprint density at radius 2 is 1.81 bits per heavy atom. The van der Waals surface area contributed by atoms with Gasteiger partial charge in [-0.2, -0.15) is 4.31 Å². The molecule has 0 aliphatic carbocycles. The van der Waals surface area contributed by atoms with Crippen molar-refractivity contribution in [1.82, 2.24) is 9.62 Å². The molecule has 1 amide bonds. The largest absolute Gasteiger partial charge is 0.497 e. The zero-order valence-electron chi connectivity index (χ0n) is 18.5. The van der Waals surface area contributed by atoms with Crippen molar-refractivity contribution in [2.45, 2.75) is 44.0 Å². The van der Waals surface area contributed by atoms with E-state index in [4.69, 9.17) is 4.74 Å². The maximum absolute atomic E-state index is 13.1. The van der Waals surface area contributed by atoms with Crippen molar-refractivity contribution in [2.75, 3.05) is 20.2 Å². The predicted octanol–water partition coefficient (Wildman–Crippen LogP) is 4.00. The molecule has 0 aromatic heterocycles. The van der Waals surface area contributed by atoms with E-state index in [0.717, 1.165) is 17.7 Å². The predicted molar refractivity (Wildman–Crippen MR) is 121 cm³/mol. The van der Waals surface area contributed by atoms with Gasteiger partial charge in [0.25, 0.3) is 0 Å². The number of amides is 1. The monoisotopic (exact) mass is 444 g/mol. The molecular formula is C24H32N2O4S. The van der Waals surface area contributed by atoms with Crippen LogP contribution < -0.4 is 10.1 Å². The number of ether oxygens (including phenoxy) is 1. The first-order valence-corrected chi connectivity index (χ1v) is 12.2. The summed E-state index contributed by atoms with van der Waals surface area (Å²) in [6.45, 7) is 4.89. The van der Waals surface area contributed by atoms with E-state index in [0.29, 0.717) is 25.3 Å². The fourth-order valence-corrected chi connectivity index (χ4v) is 5.54. The van der Waals surface area contributed by atoms with Crippen molar-refractivity contribution >= 4 is 15.9 Å². The van der Waals surface area contributed by atoms with Gasteiger partial charge in [-0.25, -0.2) is 8.42 Å². The van der Waals surface area contributed by atoms with Gasteiger partial charge >= 0.3 is 0 Å². The van der Waals surface area contributed by atoms with Gasteiger partial charge in [-0.15, -0.1) is 0 Å². The van der Waals surface area contributed by atoms with Crippen LogP contribution in [0.3, 0.4) is 0 Å². The van der Waals surface area contributed by atoms with Crippen molar-refractivity contribution in [3.63, 3.8) is 0 Å². The molecule has 0 bridgehead atoms. The lowest BCUT2D eigenvalue weighted by Crippen LogP contribution is -2.46. The molecule has 0 spiro atoms. The van der Waals surface area contributed by atoms with E-state index in [9.17, 15) is 13.2 Å². The van der Waals surface area contributed by atoms with E-state index >= 15 is 0 Å². The molecule has 1 fully saturated rings. The number of hydrogen-bond donors (Lipinski definition) is 1. The lowest BCUT2D eigenvalue weighted by Gasteiger charge is -2.32. The molecule has 1 N–H and O–H groups in total. The molecule has 0 saturated carbocycles. The Kier molecular flexibility index (Phi) is 7.73. The molecule has 3 rings (SSSR count). The SMILES string of the molecule is COc1ccc([C@@H](CC(C)C)NC(=O)[C@@H]2CCCN(S(=O)(=O)c3ccccc3)C2)cc1. The fraction of sp³-hybridized carbons (Fsp3) is 0.458. The number of nitrogens with zero attached hydrogens (tertiary/aromatic N) is 1. The standard InChI is InChI=1S/C24H32N2O4S/c1-18(2)16-23(19-11-13-21(30-3)14-12-19)25-24(27)20-8-7-15-26(17-20)31(28,29)22-9-5-4-6-10-22/h4-6,9-14,18,20,23H,7-8,15-17H2,1-3H3,(H,25,27)/t20-,23-/m1/s1. The number of piperidine rings is 1. The summed E-state index contributed by atoms with van der Waals surface area (Å²) < 4.78 is 32.7. The van der Waals surface area contributed by atoms with E-state index in [1.54, 1.807) is 37.4 Å². The Balaban J connectivity index is 1.72. The van der Waals surface area contributed by atoms with Crippen LogP contribution in [0, 0.1) is 11.8 Å². The average molecular weight is 445 g/mol. The Bertz CT molecular complexity index is 959. The van der Waals surface area contributed by atoms with Crippen LogP contribution in [-0.2, 0) is 14.8 Å². The van der Waals surface area contributed by atoms with E-state index in [1.165, 1.54) is 4.31 Å². The molecule has 1 saturated heterocycles. The highest BCUT2D eigenvalue weighted by atomic mass is 32.2. The van der Waals surface area contributed by atoms with E-state index in [-0.39, 0.29) is 29.3 Å². The second-order valence-corrected chi connectivity index (χ2v) is 10.4. The zero-order chi connectivity index (χ0) is 22.4. The second kappa shape index (κ2) is 10.3. The van der Waals surface area contributed by atoms with Crippen molar-refractivity contribution in [2.24, 2.45) is 11.8 Å².